The maximum Gasteiger partial charge on any atom is 0.312 e. The minimum Gasteiger partial charge on any atom is -0.334 e. The van der Waals surface area contributed by atoms with Crippen LogP contribution in [0.25, 0.3) is 0 Å². The van der Waals surface area contributed by atoms with E-state index in [-0.39, 0.29) is 11.8 Å². The third kappa shape index (κ3) is 5.41. The van der Waals surface area contributed by atoms with Crippen LogP contribution >= 0.6 is 0 Å². The van der Waals surface area contributed by atoms with Crippen LogP contribution in [0.4, 0.5) is 0 Å². The molecule has 1 aliphatic rings. The number of carbonyl (C=O) groups is 2. The molecular formula is C23H29N3O2. The molecule has 0 N–H and O–H groups in total. The molecule has 0 atom stereocenters. The molecule has 5 nitrogen and oxygen atoms in total. The maximum atomic E-state index is 12.7. The Labute approximate surface area is 167 Å². The van der Waals surface area contributed by atoms with Gasteiger partial charge in [0.2, 0.25) is 0 Å². The van der Waals surface area contributed by atoms with Crippen LogP contribution in [0.3, 0.4) is 0 Å². The molecule has 0 aliphatic carbocycles. The zero-order valence-corrected chi connectivity index (χ0v) is 16.6. The summed E-state index contributed by atoms with van der Waals surface area (Å²) < 4.78 is 0. The van der Waals surface area contributed by atoms with Crippen molar-refractivity contribution >= 4 is 11.8 Å². The molecule has 0 radical (unpaired) electrons. The Hall–Kier alpha value is -2.69. The number of aromatic nitrogens is 1. The summed E-state index contributed by atoms with van der Waals surface area (Å²) in [7, 11) is 0. The average molecular weight is 380 g/mol. The molecule has 0 saturated carbocycles. The number of amides is 2. The Bertz CT molecular complexity index is 756. The summed E-state index contributed by atoms with van der Waals surface area (Å²) in [5, 5.41) is 0. The molecule has 1 aromatic heterocycles. The van der Waals surface area contributed by atoms with Crippen LogP contribution in [0.2, 0.25) is 0 Å². The smallest absolute Gasteiger partial charge is 0.312 e. The van der Waals surface area contributed by atoms with E-state index in [1.54, 1.807) is 22.2 Å². The second kappa shape index (κ2) is 10.0. The zero-order valence-electron chi connectivity index (χ0n) is 16.6. The molecule has 1 fully saturated rings. The fraction of sp³-hybridized carbons (Fsp3) is 0.435. The van der Waals surface area contributed by atoms with Crippen molar-refractivity contribution in [2.24, 2.45) is 5.92 Å². The number of hydrogen-bond acceptors (Lipinski definition) is 3. The van der Waals surface area contributed by atoms with Crippen molar-refractivity contribution < 1.29 is 9.59 Å². The lowest BCUT2D eigenvalue weighted by atomic mass is 9.90. The number of rotatable bonds is 6. The highest BCUT2D eigenvalue weighted by atomic mass is 16.2. The summed E-state index contributed by atoms with van der Waals surface area (Å²) in [4.78, 5) is 32.8. The Morgan fingerprint density at radius 1 is 1.04 bits per heavy atom. The fourth-order valence-electron chi connectivity index (χ4n) is 3.77. The summed E-state index contributed by atoms with van der Waals surface area (Å²) in [6.45, 7) is 4.35. The highest BCUT2D eigenvalue weighted by Crippen LogP contribution is 2.22. The van der Waals surface area contributed by atoms with E-state index in [2.05, 4.69) is 29.2 Å². The minimum atomic E-state index is -0.377. The quantitative estimate of drug-likeness (QED) is 0.725. The van der Waals surface area contributed by atoms with Gasteiger partial charge in [-0.15, -0.1) is 0 Å². The van der Waals surface area contributed by atoms with E-state index in [1.165, 1.54) is 5.56 Å². The lowest BCUT2D eigenvalue weighted by Crippen LogP contribution is -2.48. The Morgan fingerprint density at radius 2 is 1.71 bits per heavy atom. The van der Waals surface area contributed by atoms with E-state index in [0.29, 0.717) is 32.1 Å². The molecule has 2 aromatic rings. The van der Waals surface area contributed by atoms with Crippen LogP contribution in [-0.2, 0) is 22.4 Å². The fourth-order valence-corrected chi connectivity index (χ4v) is 3.77. The van der Waals surface area contributed by atoms with Gasteiger partial charge in [0.25, 0.3) is 0 Å². The van der Waals surface area contributed by atoms with Crippen LogP contribution in [0.1, 0.15) is 30.9 Å². The molecule has 148 valence electrons. The van der Waals surface area contributed by atoms with E-state index < -0.39 is 0 Å². The molecule has 0 unspecified atom stereocenters. The van der Waals surface area contributed by atoms with Crippen molar-refractivity contribution in [3.8, 4) is 0 Å². The molecule has 0 bridgehead atoms. The molecule has 2 amide bonds. The third-order valence-electron chi connectivity index (χ3n) is 5.54. The minimum absolute atomic E-state index is 0.352. The number of piperidine rings is 1. The molecule has 1 aromatic carbocycles. The van der Waals surface area contributed by atoms with Gasteiger partial charge in [0.15, 0.2) is 0 Å². The summed E-state index contributed by atoms with van der Waals surface area (Å²) >= 11 is 0. The lowest BCUT2D eigenvalue weighted by Gasteiger charge is -2.33. The normalized spacial score (nSPS) is 14.7. The molecule has 28 heavy (non-hydrogen) atoms. The summed E-state index contributed by atoms with van der Waals surface area (Å²) in [6.07, 6.45) is 7.18. The first kappa shape index (κ1) is 20.1. The van der Waals surface area contributed by atoms with E-state index in [0.717, 1.165) is 31.2 Å². The van der Waals surface area contributed by atoms with Crippen molar-refractivity contribution in [2.75, 3.05) is 26.2 Å². The monoisotopic (exact) mass is 379 g/mol. The molecule has 5 heteroatoms. The second-order valence-corrected chi connectivity index (χ2v) is 7.42. The van der Waals surface area contributed by atoms with Crippen molar-refractivity contribution in [2.45, 2.75) is 32.6 Å². The first-order valence-corrected chi connectivity index (χ1v) is 10.2. The predicted molar refractivity (Wildman–Crippen MR) is 110 cm³/mol. The number of likely N-dealkylation sites (N-methyl/N-ethyl adjacent to an activating group) is 1. The van der Waals surface area contributed by atoms with Gasteiger partial charge < -0.3 is 9.80 Å². The average Bonchev–Trinajstić information content (AvgIpc) is 2.75. The largest absolute Gasteiger partial charge is 0.334 e. The number of likely N-dealkylation sites (tertiary alicyclic amines) is 1. The second-order valence-electron chi connectivity index (χ2n) is 7.42. The van der Waals surface area contributed by atoms with Gasteiger partial charge in [-0.25, -0.2) is 0 Å². The number of carbonyl (C=O) groups excluding carboxylic acids is 2. The van der Waals surface area contributed by atoms with Crippen LogP contribution in [0.5, 0.6) is 0 Å². The van der Waals surface area contributed by atoms with Crippen LogP contribution in [0, 0.1) is 5.92 Å². The molecule has 0 spiro atoms. The number of nitrogens with zero attached hydrogens (tertiary/aromatic N) is 3. The van der Waals surface area contributed by atoms with Crippen molar-refractivity contribution in [1.29, 1.82) is 0 Å². The van der Waals surface area contributed by atoms with E-state index >= 15 is 0 Å². The topological polar surface area (TPSA) is 53.5 Å². The van der Waals surface area contributed by atoms with Gasteiger partial charge in [-0.1, -0.05) is 30.3 Å². The van der Waals surface area contributed by atoms with Gasteiger partial charge in [-0.3, -0.25) is 14.6 Å². The van der Waals surface area contributed by atoms with Gasteiger partial charge in [0.05, 0.1) is 0 Å². The maximum absolute atomic E-state index is 12.7. The van der Waals surface area contributed by atoms with E-state index in [4.69, 9.17) is 0 Å². The summed E-state index contributed by atoms with van der Waals surface area (Å²) in [5.41, 5.74) is 2.46. The van der Waals surface area contributed by atoms with Gasteiger partial charge in [0.1, 0.15) is 0 Å². The van der Waals surface area contributed by atoms with Crippen molar-refractivity contribution in [3.05, 3.63) is 66.0 Å². The van der Waals surface area contributed by atoms with Gasteiger partial charge >= 0.3 is 11.8 Å². The predicted octanol–water partition coefficient (Wildman–Crippen LogP) is 2.95. The number of benzene rings is 1. The van der Waals surface area contributed by atoms with Crippen LogP contribution in [-0.4, -0.2) is 52.8 Å². The standard InChI is InChI=1S/C23H29N3O2/c1-2-25(15-10-19-8-13-24-14-9-19)22(27)23(28)26-16-11-21(12-17-26)18-20-6-4-3-5-7-20/h3-9,13-14,21H,2,10-12,15-18H2,1H3. The van der Waals surface area contributed by atoms with Crippen LogP contribution in [0.15, 0.2) is 54.9 Å². The van der Waals surface area contributed by atoms with E-state index in [1.807, 2.05) is 25.1 Å². The SMILES string of the molecule is CCN(CCc1ccncc1)C(=O)C(=O)N1CCC(Cc2ccccc2)CC1. The zero-order chi connectivity index (χ0) is 19.8. The van der Waals surface area contributed by atoms with Crippen molar-refractivity contribution in [1.82, 2.24) is 14.8 Å². The van der Waals surface area contributed by atoms with Gasteiger partial charge in [-0.2, -0.15) is 0 Å². The van der Waals surface area contributed by atoms with Gasteiger partial charge in [0, 0.05) is 38.6 Å². The summed E-state index contributed by atoms with van der Waals surface area (Å²) in [6, 6.07) is 14.4. The van der Waals surface area contributed by atoms with Crippen LogP contribution < -0.4 is 0 Å². The Morgan fingerprint density at radius 3 is 2.36 bits per heavy atom. The number of pyridine rings is 1. The molecule has 1 saturated heterocycles. The third-order valence-corrected chi connectivity index (χ3v) is 5.54. The Balaban J connectivity index is 1.48. The molecular weight excluding hydrogens is 350 g/mol. The first-order valence-electron chi connectivity index (χ1n) is 10.2. The lowest BCUT2D eigenvalue weighted by molar-refractivity contribution is -0.152. The highest BCUT2D eigenvalue weighted by molar-refractivity contribution is 6.34. The van der Waals surface area contributed by atoms with Gasteiger partial charge in [-0.05, 0) is 61.8 Å². The first-order chi connectivity index (χ1) is 13.7. The summed E-state index contributed by atoms with van der Waals surface area (Å²) in [5.74, 6) is -0.150. The molecule has 2 heterocycles. The number of hydrogen-bond donors (Lipinski definition) is 0. The van der Waals surface area contributed by atoms with E-state index in [9.17, 15) is 9.59 Å². The Kier molecular flexibility index (Phi) is 7.18. The van der Waals surface area contributed by atoms with Crippen molar-refractivity contribution in [3.63, 3.8) is 0 Å². The highest BCUT2D eigenvalue weighted by Gasteiger charge is 2.29. The molecule has 3 rings (SSSR count). The molecule has 1 aliphatic heterocycles.